The van der Waals surface area contributed by atoms with Crippen LogP contribution in [0.5, 0.6) is 0 Å². The second-order valence-corrected chi connectivity index (χ2v) is 7.05. The molecule has 24 heavy (non-hydrogen) atoms. The fourth-order valence-corrected chi connectivity index (χ4v) is 4.20. The Labute approximate surface area is 149 Å². The molecule has 0 radical (unpaired) electrons. The van der Waals surface area contributed by atoms with Crippen molar-refractivity contribution in [3.8, 4) is 21.8 Å². The Bertz CT molecular complexity index is 935. The third kappa shape index (κ3) is 2.62. The SMILES string of the molecule is CC(=O)N1CCc2cc(-c3csc(-c4ccccc4Cl)n3)ccc21. The summed E-state index contributed by atoms with van der Waals surface area (Å²) in [6, 6.07) is 13.9. The average molecular weight is 355 g/mol. The molecule has 2 heterocycles. The molecule has 0 N–H and O–H groups in total. The number of anilines is 1. The number of carbonyl (C=O) groups is 1. The van der Waals surface area contributed by atoms with Crippen LogP contribution in [-0.2, 0) is 11.2 Å². The largest absolute Gasteiger partial charge is 0.312 e. The van der Waals surface area contributed by atoms with Crippen molar-refractivity contribution < 1.29 is 4.79 Å². The van der Waals surface area contributed by atoms with Gasteiger partial charge in [-0.15, -0.1) is 11.3 Å². The molecular weight excluding hydrogens is 340 g/mol. The number of hydrogen-bond donors (Lipinski definition) is 0. The van der Waals surface area contributed by atoms with Gasteiger partial charge in [-0.3, -0.25) is 4.79 Å². The molecule has 0 bridgehead atoms. The number of hydrogen-bond acceptors (Lipinski definition) is 3. The summed E-state index contributed by atoms with van der Waals surface area (Å²) in [5.41, 5.74) is 5.20. The van der Waals surface area contributed by atoms with Crippen LogP contribution in [0.2, 0.25) is 5.02 Å². The topological polar surface area (TPSA) is 33.2 Å². The Morgan fingerprint density at radius 1 is 1.25 bits per heavy atom. The molecule has 1 aliphatic heterocycles. The highest BCUT2D eigenvalue weighted by atomic mass is 35.5. The van der Waals surface area contributed by atoms with E-state index < -0.39 is 0 Å². The minimum Gasteiger partial charge on any atom is -0.312 e. The second kappa shape index (κ2) is 6.04. The van der Waals surface area contributed by atoms with Gasteiger partial charge in [0.2, 0.25) is 5.91 Å². The van der Waals surface area contributed by atoms with Crippen molar-refractivity contribution in [2.75, 3.05) is 11.4 Å². The van der Waals surface area contributed by atoms with E-state index in [1.54, 1.807) is 18.3 Å². The average Bonchev–Trinajstić information content (AvgIpc) is 3.21. The zero-order valence-electron chi connectivity index (χ0n) is 13.1. The van der Waals surface area contributed by atoms with Crippen molar-refractivity contribution >= 4 is 34.5 Å². The minimum atomic E-state index is 0.0937. The molecule has 0 saturated heterocycles. The molecule has 4 rings (SSSR count). The van der Waals surface area contributed by atoms with Crippen molar-refractivity contribution in [3.05, 3.63) is 58.4 Å². The molecule has 0 aliphatic carbocycles. The monoisotopic (exact) mass is 354 g/mol. The van der Waals surface area contributed by atoms with Crippen LogP contribution in [0, 0.1) is 0 Å². The molecule has 2 aromatic carbocycles. The molecule has 1 amide bonds. The second-order valence-electron chi connectivity index (χ2n) is 5.78. The number of benzene rings is 2. The number of aromatic nitrogens is 1. The van der Waals surface area contributed by atoms with E-state index in [-0.39, 0.29) is 5.91 Å². The Kier molecular flexibility index (Phi) is 3.87. The first-order chi connectivity index (χ1) is 11.6. The summed E-state index contributed by atoms with van der Waals surface area (Å²) in [7, 11) is 0. The molecule has 120 valence electrons. The van der Waals surface area contributed by atoms with Crippen molar-refractivity contribution in [2.24, 2.45) is 0 Å². The maximum absolute atomic E-state index is 11.7. The molecule has 3 nitrogen and oxygen atoms in total. The van der Waals surface area contributed by atoms with Gasteiger partial charge in [0.1, 0.15) is 5.01 Å². The number of amides is 1. The van der Waals surface area contributed by atoms with Crippen molar-refractivity contribution in [3.63, 3.8) is 0 Å². The van der Waals surface area contributed by atoms with Gasteiger partial charge in [-0.05, 0) is 30.2 Å². The number of nitrogens with zero attached hydrogens (tertiary/aromatic N) is 2. The Balaban J connectivity index is 1.69. The molecule has 0 saturated carbocycles. The molecule has 0 spiro atoms. The van der Waals surface area contributed by atoms with Crippen molar-refractivity contribution in [1.29, 1.82) is 0 Å². The van der Waals surface area contributed by atoms with Gasteiger partial charge in [0.15, 0.2) is 0 Å². The molecule has 0 unspecified atom stereocenters. The van der Waals surface area contributed by atoms with Crippen LogP contribution in [0.1, 0.15) is 12.5 Å². The molecule has 3 aromatic rings. The van der Waals surface area contributed by atoms with E-state index in [1.165, 1.54) is 5.56 Å². The van der Waals surface area contributed by atoms with E-state index in [4.69, 9.17) is 16.6 Å². The highest BCUT2D eigenvalue weighted by Gasteiger charge is 2.22. The summed E-state index contributed by atoms with van der Waals surface area (Å²) < 4.78 is 0. The third-order valence-electron chi connectivity index (χ3n) is 4.26. The predicted molar refractivity (Wildman–Crippen MR) is 99.7 cm³/mol. The van der Waals surface area contributed by atoms with Gasteiger partial charge < -0.3 is 4.90 Å². The minimum absolute atomic E-state index is 0.0937. The van der Waals surface area contributed by atoms with Crippen LogP contribution in [0.25, 0.3) is 21.8 Å². The lowest BCUT2D eigenvalue weighted by Gasteiger charge is -2.14. The highest BCUT2D eigenvalue weighted by Crippen LogP contribution is 2.36. The van der Waals surface area contributed by atoms with Crippen LogP contribution in [0.3, 0.4) is 0 Å². The molecular formula is C19H15ClN2OS. The third-order valence-corrected chi connectivity index (χ3v) is 5.46. The normalized spacial score (nSPS) is 13.2. The molecule has 0 fully saturated rings. The summed E-state index contributed by atoms with van der Waals surface area (Å²) in [6.45, 7) is 2.37. The van der Waals surface area contributed by atoms with Gasteiger partial charge in [0.05, 0.1) is 10.7 Å². The van der Waals surface area contributed by atoms with E-state index in [0.29, 0.717) is 5.02 Å². The van der Waals surface area contributed by atoms with E-state index >= 15 is 0 Å². The van der Waals surface area contributed by atoms with E-state index in [1.807, 2.05) is 41.3 Å². The summed E-state index contributed by atoms with van der Waals surface area (Å²) in [5.74, 6) is 0.0937. The zero-order valence-corrected chi connectivity index (χ0v) is 14.7. The van der Waals surface area contributed by atoms with Crippen LogP contribution in [-0.4, -0.2) is 17.4 Å². The predicted octanol–water partition coefficient (Wildman–Crippen LogP) is 5.04. The van der Waals surface area contributed by atoms with Crippen LogP contribution >= 0.6 is 22.9 Å². The van der Waals surface area contributed by atoms with Crippen LogP contribution in [0.4, 0.5) is 5.69 Å². The molecule has 1 aromatic heterocycles. The molecule has 1 aliphatic rings. The number of thiazole rings is 1. The van der Waals surface area contributed by atoms with Gasteiger partial charge in [0.25, 0.3) is 0 Å². The van der Waals surface area contributed by atoms with Crippen molar-refractivity contribution in [1.82, 2.24) is 4.98 Å². The van der Waals surface area contributed by atoms with Gasteiger partial charge in [-0.25, -0.2) is 4.98 Å². The maximum atomic E-state index is 11.7. The maximum Gasteiger partial charge on any atom is 0.223 e. The lowest BCUT2D eigenvalue weighted by Crippen LogP contribution is -2.25. The molecule has 0 atom stereocenters. The van der Waals surface area contributed by atoms with Gasteiger partial charge in [0, 0.05) is 35.7 Å². The van der Waals surface area contributed by atoms with Gasteiger partial charge in [-0.2, -0.15) is 0 Å². The summed E-state index contributed by atoms with van der Waals surface area (Å²) >= 11 is 7.86. The molecule has 5 heteroatoms. The highest BCUT2D eigenvalue weighted by molar-refractivity contribution is 7.13. The van der Waals surface area contributed by atoms with Crippen molar-refractivity contribution in [2.45, 2.75) is 13.3 Å². The lowest BCUT2D eigenvalue weighted by molar-refractivity contribution is -0.116. The van der Waals surface area contributed by atoms with E-state index in [2.05, 4.69) is 11.4 Å². The fraction of sp³-hybridized carbons (Fsp3) is 0.158. The number of carbonyl (C=O) groups excluding carboxylic acids is 1. The van der Waals surface area contributed by atoms with E-state index in [9.17, 15) is 4.79 Å². The summed E-state index contributed by atoms with van der Waals surface area (Å²) in [6.07, 6.45) is 0.893. The first-order valence-electron chi connectivity index (χ1n) is 7.75. The first-order valence-corrected chi connectivity index (χ1v) is 9.01. The number of rotatable bonds is 2. The Hall–Kier alpha value is -2.17. The van der Waals surface area contributed by atoms with Gasteiger partial charge in [-0.1, -0.05) is 35.9 Å². The standard InChI is InChI=1S/C19H15ClN2OS/c1-12(23)22-9-8-14-10-13(6-7-18(14)22)17-11-24-19(21-17)15-4-2-3-5-16(15)20/h2-7,10-11H,8-9H2,1H3. The summed E-state index contributed by atoms with van der Waals surface area (Å²) in [4.78, 5) is 18.2. The lowest BCUT2D eigenvalue weighted by atomic mass is 10.1. The number of halogens is 1. The van der Waals surface area contributed by atoms with Crippen LogP contribution < -0.4 is 4.90 Å². The fourth-order valence-electron chi connectivity index (χ4n) is 3.05. The van der Waals surface area contributed by atoms with E-state index in [0.717, 1.165) is 40.5 Å². The zero-order chi connectivity index (χ0) is 16.7. The quantitative estimate of drug-likeness (QED) is 0.646. The summed E-state index contributed by atoms with van der Waals surface area (Å²) in [5, 5.41) is 3.68. The number of fused-ring (bicyclic) bond motifs is 1. The van der Waals surface area contributed by atoms with Crippen LogP contribution in [0.15, 0.2) is 47.8 Å². The Morgan fingerprint density at radius 3 is 2.88 bits per heavy atom. The Morgan fingerprint density at radius 2 is 2.08 bits per heavy atom. The smallest absolute Gasteiger partial charge is 0.223 e. The first kappa shape index (κ1) is 15.4. The van der Waals surface area contributed by atoms with Gasteiger partial charge >= 0.3 is 0 Å².